The van der Waals surface area contributed by atoms with Gasteiger partial charge in [-0.15, -0.1) is 10.2 Å². The first-order valence-corrected chi connectivity index (χ1v) is 6.02. The highest BCUT2D eigenvalue weighted by Crippen LogP contribution is 2.19. The van der Waals surface area contributed by atoms with E-state index in [2.05, 4.69) is 20.1 Å². The molecule has 1 unspecified atom stereocenters. The minimum atomic E-state index is -0.233. The predicted octanol–water partition coefficient (Wildman–Crippen LogP) is 1.31. The summed E-state index contributed by atoms with van der Waals surface area (Å²) in [5, 5.41) is 11.1. The lowest BCUT2D eigenvalue weighted by molar-refractivity contribution is 0.0909. The Morgan fingerprint density at radius 2 is 2.44 bits per heavy atom. The van der Waals surface area contributed by atoms with E-state index >= 15 is 0 Å². The van der Waals surface area contributed by atoms with Crippen molar-refractivity contribution >= 4 is 5.91 Å². The van der Waals surface area contributed by atoms with E-state index in [1.165, 1.54) is 6.26 Å². The molecule has 0 fully saturated rings. The van der Waals surface area contributed by atoms with Crippen LogP contribution in [0.3, 0.4) is 0 Å². The van der Waals surface area contributed by atoms with Crippen molar-refractivity contribution in [2.45, 2.75) is 32.4 Å². The van der Waals surface area contributed by atoms with Gasteiger partial charge in [0.2, 0.25) is 0 Å². The number of nitrogens with one attached hydrogen (secondary N) is 1. The van der Waals surface area contributed by atoms with Gasteiger partial charge in [0.15, 0.2) is 11.6 Å². The van der Waals surface area contributed by atoms with E-state index in [9.17, 15) is 4.79 Å². The molecule has 0 saturated carbocycles. The topological polar surface area (TPSA) is 73.0 Å². The van der Waals surface area contributed by atoms with E-state index in [0.717, 1.165) is 31.0 Å². The molecule has 94 valence electrons. The average molecular weight is 246 g/mol. The molecule has 0 aromatic carbocycles. The quantitative estimate of drug-likeness (QED) is 0.886. The Morgan fingerprint density at radius 1 is 1.56 bits per heavy atom. The molecule has 1 aliphatic heterocycles. The second-order valence-corrected chi connectivity index (χ2v) is 4.40. The number of rotatable bonds is 3. The normalized spacial score (nSPS) is 15.4. The lowest BCUT2D eigenvalue weighted by Gasteiger charge is -2.12. The van der Waals surface area contributed by atoms with Crippen molar-refractivity contribution in [1.82, 2.24) is 20.1 Å². The Morgan fingerprint density at radius 3 is 3.22 bits per heavy atom. The molecule has 1 atom stereocenters. The number of fused-ring (bicyclic) bond motifs is 1. The zero-order valence-corrected chi connectivity index (χ0v) is 10.1. The highest BCUT2D eigenvalue weighted by atomic mass is 16.3. The Bertz CT molecular complexity index is 559. The highest BCUT2D eigenvalue weighted by molar-refractivity contribution is 5.91. The largest absolute Gasteiger partial charge is 0.459 e. The second-order valence-electron chi connectivity index (χ2n) is 4.40. The molecule has 3 rings (SSSR count). The van der Waals surface area contributed by atoms with Crippen LogP contribution >= 0.6 is 0 Å². The first-order valence-electron chi connectivity index (χ1n) is 6.02. The molecule has 1 amide bonds. The summed E-state index contributed by atoms with van der Waals surface area (Å²) in [6.07, 6.45) is 3.54. The van der Waals surface area contributed by atoms with Crippen molar-refractivity contribution in [3.8, 4) is 0 Å². The second kappa shape index (κ2) is 4.29. The number of hydrogen-bond donors (Lipinski definition) is 1. The monoisotopic (exact) mass is 246 g/mol. The molecular weight excluding hydrogens is 232 g/mol. The lowest BCUT2D eigenvalue weighted by atomic mass is 10.3. The number of furan rings is 1. The van der Waals surface area contributed by atoms with Crippen LogP contribution in [0.2, 0.25) is 0 Å². The molecule has 3 heterocycles. The van der Waals surface area contributed by atoms with Gasteiger partial charge in [0.25, 0.3) is 5.91 Å². The molecule has 0 aliphatic carbocycles. The van der Waals surface area contributed by atoms with Crippen molar-refractivity contribution in [2.75, 3.05) is 0 Å². The third-order valence-electron chi connectivity index (χ3n) is 3.12. The zero-order chi connectivity index (χ0) is 12.5. The molecule has 1 N–H and O–H groups in total. The summed E-state index contributed by atoms with van der Waals surface area (Å²) < 4.78 is 7.13. The predicted molar refractivity (Wildman–Crippen MR) is 62.9 cm³/mol. The number of carbonyl (C=O) groups excluding carboxylic acids is 1. The fourth-order valence-corrected chi connectivity index (χ4v) is 2.23. The van der Waals surface area contributed by atoms with Gasteiger partial charge in [0.1, 0.15) is 5.82 Å². The van der Waals surface area contributed by atoms with Crippen LogP contribution in [-0.4, -0.2) is 20.7 Å². The molecule has 18 heavy (non-hydrogen) atoms. The Labute approximate surface area is 104 Å². The van der Waals surface area contributed by atoms with Crippen molar-refractivity contribution in [2.24, 2.45) is 0 Å². The van der Waals surface area contributed by atoms with E-state index < -0.39 is 0 Å². The van der Waals surface area contributed by atoms with Crippen LogP contribution < -0.4 is 5.32 Å². The van der Waals surface area contributed by atoms with Crippen LogP contribution in [0.5, 0.6) is 0 Å². The van der Waals surface area contributed by atoms with Crippen LogP contribution in [0.4, 0.5) is 0 Å². The van der Waals surface area contributed by atoms with Gasteiger partial charge in [-0.1, -0.05) is 0 Å². The van der Waals surface area contributed by atoms with Crippen molar-refractivity contribution in [3.63, 3.8) is 0 Å². The first-order chi connectivity index (χ1) is 8.75. The summed E-state index contributed by atoms with van der Waals surface area (Å²) >= 11 is 0. The maximum Gasteiger partial charge on any atom is 0.287 e. The summed E-state index contributed by atoms with van der Waals surface area (Å²) in [5.41, 5.74) is 0. The molecule has 0 saturated heterocycles. The average Bonchev–Trinajstić information content (AvgIpc) is 3.06. The zero-order valence-electron chi connectivity index (χ0n) is 10.1. The maximum absolute atomic E-state index is 11.8. The van der Waals surface area contributed by atoms with Crippen molar-refractivity contribution < 1.29 is 9.21 Å². The highest BCUT2D eigenvalue weighted by Gasteiger charge is 2.23. The minimum Gasteiger partial charge on any atom is -0.459 e. The fraction of sp³-hybridized carbons (Fsp3) is 0.417. The van der Waals surface area contributed by atoms with Crippen LogP contribution in [0.15, 0.2) is 22.8 Å². The summed E-state index contributed by atoms with van der Waals surface area (Å²) in [6.45, 7) is 2.83. The van der Waals surface area contributed by atoms with Crippen molar-refractivity contribution in [3.05, 3.63) is 35.8 Å². The maximum atomic E-state index is 11.8. The number of amides is 1. The first kappa shape index (κ1) is 11.0. The number of carbonyl (C=O) groups is 1. The summed E-state index contributed by atoms with van der Waals surface area (Å²) in [6, 6.07) is 3.15. The van der Waals surface area contributed by atoms with E-state index in [-0.39, 0.29) is 11.9 Å². The van der Waals surface area contributed by atoms with Gasteiger partial charge in [-0.3, -0.25) is 4.79 Å². The lowest BCUT2D eigenvalue weighted by Crippen LogP contribution is -2.28. The molecule has 6 heteroatoms. The molecule has 2 aromatic heterocycles. The number of hydrogen-bond acceptors (Lipinski definition) is 4. The van der Waals surface area contributed by atoms with Gasteiger partial charge in [-0.25, -0.2) is 0 Å². The van der Waals surface area contributed by atoms with Gasteiger partial charge in [0, 0.05) is 13.0 Å². The minimum absolute atomic E-state index is 0.179. The van der Waals surface area contributed by atoms with Crippen LogP contribution in [0.1, 0.15) is 41.6 Å². The standard InChI is InChI=1S/C12H14N4O2/c1-8(13-12(17)9-4-3-7-18-9)11-15-14-10-5-2-6-16(10)11/h3-4,7-8H,2,5-6H2,1H3,(H,13,17). The number of nitrogens with zero attached hydrogens (tertiary/aromatic N) is 3. The third-order valence-corrected chi connectivity index (χ3v) is 3.12. The molecule has 2 aromatic rings. The van der Waals surface area contributed by atoms with Gasteiger partial charge >= 0.3 is 0 Å². The summed E-state index contributed by atoms with van der Waals surface area (Å²) in [7, 11) is 0. The number of aryl methyl sites for hydroxylation is 1. The third kappa shape index (κ3) is 1.79. The van der Waals surface area contributed by atoms with E-state index in [1.54, 1.807) is 12.1 Å². The van der Waals surface area contributed by atoms with Crippen LogP contribution in [0, 0.1) is 0 Å². The molecule has 0 radical (unpaired) electrons. The molecule has 0 bridgehead atoms. The SMILES string of the molecule is CC(NC(=O)c1ccco1)c1nnc2n1CCC2. The Balaban J connectivity index is 1.75. The Kier molecular flexibility index (Phi) is 2.62. The molecule has 0 spiro atoms. The van der Waals surface area contributed by atoms with Crippen LogP contribution in [0.25, 0.3) is 0 Å². The van der Waals surface area contributed by atoms with Crippen LogP contribution in [-0.2, 0) is 13.0 Å². The van der Waals surface area contributed by atoms with Gasteiger partial charge in [-0.2, -0.15) is 0 Å². The summed E-state index contributed by atoms with van der Waals surface area (Å²) in [4.78, 5) is 11.8. The molecule has 1 aliphatic rings. The van der Waals surface area contributed by atoms with Crippen molar-refractivity contribution in [1.29, 1.82) is 0 Å². The van der Waals surface area contributed by atoms with E-state index in [4.69, 9.17) is 4.42 Å². The van der Waals surface area contributed by atoms with Gasteiger partial charge in [0.05, 0.1) is 12.3 Å². The van der Waals surface area contributed by atoms with Gasteiger partial charge < -0.3 is 14.3 Å². The summed E-state index contributed by atoms with van der Waals surface area (Å²) in [5.74, 6) is 1.89. The molecule has 6 nitrogen and oxygen atoms in total. The van der Waals surface area contributed by atoms with E-state index in [1.807, 2.05) is 6.92 Å². The van der Waals surface area contributed by atoms with E-state index in [0.29, 0.717) is 5.76 Å². The molecular formula is C12H14N4O2. The number of aromatic nitrogens is 3. The fourth-order valence-electron chi connectivity index (χ4n) is 2.23. The Hall–Kier alpha value is -2.11. The smallest absolute Gasteiger partial charge is 0.287 e. The van der Waals surface area contributed by atoms with Gasteiger partial charge in [-0.05, 0) is 25.5 Å².